The third-order valence-corrected chi connectivity index (χ3v) is 6.01. The molecule has 9 heteroatoms. The molecule has 0 bridgehead atoms. The van der Waals surface area contributed by atoms with Crippen LogP contribution in [0.15, 0.2) is 73.1 Å². The number of nitrogens with zero attached hydrogens (tertiary/aromatic N) is 6. The number of carbonyl (C=O) groups is 1. The van der Waals surface area contributed by atoms with Crippen LogP contribution in [-0.2, 0) is 11.3 Å². The minimum absolute atomic E-state index is 0.405. The van der Waals surface area contributed by atoms with Gasteiger partial charge in [0, 0.05) is 18.7 Å². The molecule has 0 aliphatic heterocycles. The van der Waals surface area contributed by atoms with E-state index in [1.807, 2.05) is 24.3 Å². The number of anilines is 1. The van der Waals surface area contributed by atoms with Crippen LogP contribution in [0.2, 0.25) is 0 Å². The van der Waals surface area contributed by atoms with Gasteiger partial charge in [0.1, 0.15) is 12.1 Å². The number of aromatic nitrogens is 6. The van der Waals surface area contributed by atoms with Crippen LogP contribution in [-0.4, -0.2) is 50.2 Å². The number of hydrogen-bond acceptors (Lipinski definition) is 8. The summed E-state index contributed by atoms with van der Waals surface area (Å²) < 4.78 is 5.02. The van der Waals surface area contributed by atoms with Gasteiger partial charge in [-0.05, 0) is 45.7 Å². The van der Waals surface area contributed by atoms with Gasteiger partial charge in [-0.3, -0.25) is 0 Å². The maximum absolute atomic E-state index is 12.5. The molecule has 0 saturated carbocycles. The molecule has 0 atom stereocenters. The molecule has 1 N–H and O–H groups in total. The highest BCUT2D eigenvalue weighted by Gasteiger charge is 2.19. The first kappa shape index (κ1) is 23.1. The van der Waals surface area contributed by atoms with Crippen LogP contribution in [0, 0.1) is 0 Å². The predicted octanol–water partition coefficient (Wildman–Crippen LogP) is 4.68. The molecular weight excluding hydrogens is 454 g/mol. The molecule has 0 aliphatic carbocycles. The Bertz CT molecular complexity index is 1480. The predicted molar refractivity (Wildman–Crippen MR) is 137 cm³/mol. The van der Waals surface area contributed by atoms with Crippen molar-refractivity contribution in [1.29, 1.82) is 0 Å². The number of rotatable bonds is 8. The number of nitrogens with one attached hydrogen (secondary N) is 1. The zero-order valence-electron chi connectivity index (χ0n) is 20.0. The number of carbonyl (C=O) groups excluding carboxylic acids is 1. The molecule has 0 spiro atoms. The van der Waals surface area contributed by atoms with Gasteiger partial charge in [-0.1, -0.05) is 61.5 Å². The van der Waals surface area contributed by atoms with E-state index in [-0.39, 0.29) is 0 Å². The van der Waals surface area contributed by atoms with E-state index in [9.17, 15) is 4.79 Å². The summed E-state index contributed by atoms with van der Waals surface area (Å²) in [5, 5.41) is 15.0. The maximum Gasteiger partial charge on any atom is 0.338 e. The van der Waals surface area contributed by atoms with Crippen molar-refractivity contribution in [3.63, 3.8) is 0 Å². The standard InChI is InChI=1S/C27H25N7O2/c1-3-15-34(26-24-22(27(35)36-2)9-6-10-23(24)28-17-29-26)16-18-11-13-19(14-12-18)20-7-4-5-8-21(20)25-30-32-33-31-25/h4-14,17H,3,15-16H2,1-2H3,(H,30,31,32,33). The fourth-order valence-electron chi connectivity index (χ4n) is 4.37. The lowest BCUT2D eigenvalue weighted by molar-refractivity contribution is 0.0603. The Morgan fingerprint density at radius 3 is 2.50 bits per heavy atom. The van der Waals surface area contributed by atoms with Gasteiger partial charge in [0.2, 0.25) is 0 Å². The largest absolute Gasteiger partial charge is 0.465 e. The van der Waals surface area contributed by atoms with Crippen molar-refractivity contribution in [2.45, 2.75) is 19.9 Å². The normalized spacial score (nSPS) is 10.9. The highest BCUT2D eigenvalue weighted by atomic mass is 16.5. The number of hydrogen-bond donors (Lipinski definition) is 1. The number of fused-ring (bicyclic) bond motifs is 1. The number of esters is 1. The lowest BCUT2D eigenvalue weighted by Gasteiger charge is -2.25. The molecule has 2 heterocycles. The molecule has 2 aromatic heterocycles. The van der Waals surface area contributed by atoms with Crippen LogP contribution >= 0.6 is 0 Å². The molecule has 5 aromatic rings. The molecule has 3 aromatic carbocycles. The molecular formula is C27H25N7O2. The van der Waals surface area contributed by atoms with Crippen molar-refractivity contribution in [3.05, 3.63) is 84.2 Å². The Morgan fingerprint density at radius 2 is 1.78 bits per heavy atom. The van der Waals surface area contributed by atoms with Crippen LogP contribution in [0.4, 0.5) is 5.82 Å². The molecule has 0 saturated heterocycles. The Hall–Kier alpha value is -4.66. The van der Waals surface area contributed by atoms with Gasteiger partial charge in [0.15, 0.2) is 5.82 Å². The Morgan fingerprint density at radius 1 is 0.972 bits per heavy atom. The fraction of sp³-hybridized carbons (Fsp3) is 0.185. The van der Waals surface area contributed by atoms with Gasteiger partial charge in [0.05, 0.1) is 23.6 Å². The number of tetrazole rings is 1. The molecule has 0 unspecified atom stereocenters. The van der Waals surface area contributed by atoms with E-state index in [2.05, 4.69) is 72.7 Å². The van der Waals surface area contributed by atoms with Gasteiger partial charge in [-0.25, -0.2) is 19.9 Å². The van der Waals surface area contributed by atoms with Gasteiger partial charge < -0.3 is 9.64 Å². The molecule has 0 radical (unpaired) electrons. The summed E-state index contributed by atoms with van der Waals surface area (Å²) >= 11 is 0. The summed E-state index contributed by atoms with van der Waals surface area (Å²) in [6.45, 7) is 3.52. The van der Waals surface area contributed by atoms with Gasteiger partial charge in [-0.2, -0.15) is 0 Å². The highest BCUT2D eigenvalue weighted by molar-refractivity contribution is 6.07. The quantitative estimate of drug-likeness (QED) is 0.320. The van der Waals surface area contributed by atoms with E-state index in [1.165, 1.54) is 7.11 Å². The number of H-pyrrole nitrogens is 1. The zero-order valence-corrected chi connectivity index (χ0v) is 20.0. The molecule has 180 valence electrons. The molecule has 0 amide bonds. The number of ether oxygens (including phenoxy) is 1. The second-order valence-corrected chi connectivity index (χ2v) is 8.30. The fourth-order valence-corrected chi connectivity index (χ4v) is 4.37. The van der Waals surface area contributed by atoms with Crippen molar-refractivity contribution < 1.29 is 9.53 Å². The highest BCUT2D eigenvalue weighted by Crippen LogP contribution is 2.31. The minimum Gasteiger partial charge on any atom is -0.465 e. The number of benzene rings is 3. The lowest BCUT2D eigenvalue weighted by Crippen LogP contribution is -2.25. The van der Waals surface area contributed by atoms with Crippen molar-refractivity contribution in [2.24, 2.45) is 0 Å². The van der Waals surface area contributed by atoms with E-state index in [4.69, 9.17) is 4.74 Å². The average Bonchev–Trinajstić information content (AvgIpc) is 3.47. The Labute approximate surface area is 208 Å². The third kappa shape index (κ3) is 4.50. The minimum atomic E-state index is -0.405. The van der Waals surface area contributed by atoms with Crippen molar-refractivity contribution in [2.75, 3.05) is 18.6 Å². The number of aromatic amines is 1. The first-order chi connectivity index (χ1) is 17.7. The van der Waals surface area contributed by atoms with Crippen LogP contribution in [0.1, 0.15) is 29.3 Å². The van der Waals surface area contributed by atoms with Crippen LogP contribution in [0.25, 0.3) is 33.4 Å². The topological polar surface area (TPSA) is 110 Å². The van der Waals surface area contributed by atoms with Gasteiger partial charge in [0.25, 0.3) is 0 Å². The van der Waals surface area contributed by atoms with E-state index in [0.717, 1.165) is 41.0 Å². The Balaban J connectivity index is 1.48. The summed E-state index contributed by atoms with van der Waals surface area (Å²) in [4.78, 5) is 23.6. The van der Waals surface area contributed by atoms with Crippen molar-refractivity contribution >= 4 is 22.7 Å². The summed E-state index contributed by atoms with van der Waals surface area (Å²) in [6, 6.07) is 21.9. The lowest BCUT2D eigenvalue weighted by atomic mass is 9.98. The molecule has 9 nitrogen and oxygen atoms in total. The molecule has 0 aliphatic rings. The summed E-state index contributed by atoms with van der Waals surface area (Å²) in [5.41, 5.74) is 5.32. The third-order valence-electron chi connectivity index (χ3n) is 6.01. The van der Waals surface area contributed by atoms with E-state index in [1.54, 1.807) is 18.5 Å². The van der Waals surface area contributed by atoms with Gasteiger partial charge >= 0.3 is 5.97 Å². The first-order valence-corrected chi connectivity index (χ1v) is 11.7. The van der Waals surface area contributed by atoms with Crippen molar-refractivity contribution in [3.8, 4) is 22.5 Å². The molecule has 5 rings (SSSR count). The van der Waals surface area contributed by atoms with Crippen LogP contribution in [0.3, 0.4) is 0 Å². The molecule has 0 fully saturated rings. The van der Waals surface area contributed by atoms with E-state index in [0.29, 0.717) is 28.8 Å². The average molecular weight is 480 g/mol. The SMILES string of the molecule is CCCN(Cc1ccc(-c2ccccc2-c2nnn[nH]2)cc1)c1ncnc2cccc(C(=O)OC)c12. The second-order valence-electron chi connectivity index (χ2n) is 8.30. The van der Waals surface area contributed by atoms with E-state index < -0.39 is 5.97 Å². The monoisotopic (exact) mass is 479 g/mol. The Kier molecular flexibility index (Phi) is 6.61. The van der Waals surface area contributed by atoms with Crippen molar-refractivity contribution in [1.82, 2.24) is 30.6 Å². The maximum atomic E-state index is 12.5. The summed E-state index contributed by atoms with van der Waals surface area (Å²) in [6.07, 6.45) is 2.46. The zero-order chi connectivity index (χ0) is 24.9. The van der Waals surface area contributed by atoms with E-state index >= 15 is 0 Å². The van der Waals surface area contributed by atoms with Crippen LogP contribution < -0.4 is 4.90 Å². The smallest absolute Gasteiger partial charge is 0.338 e. The summed E-state index contributed by atoms with van der Waals surface area (Å²) in [5.74, 6) is 0.939. The first-order valence-electron chi connectivity index (χ1n) is 11.7. The summed E-state index contributed by atoms with van der Waals surface area (Å²) in [7, 11) is 1.38. The van der Waals surface area contributed by atoms with Crippen LogP contribution in [0.5, 0.6) is 0 Å². The van der Waals surface area contributed by atoms with Gasteiger partial charge in [-0.15, -0.1) is 5.10 Å². The second kappa shape index (κ2) is 10.3. The number of methoxy groups -OCH3 is 1. The molecule has 36 heavy (non-hydrogen) atoms.